The maximum atomic E-state index is 11.9. The van der Waals surface area contributed by atoms with Crippen LogP contribution in [-0.4, -0.2) is 23.7 Å². The van der Waals surface area contributed by atoms with Gasteiger partial charge in [-0.05, 0) is 39.5 Å². The molecule has 1 aromatic rings. The summed E-state index contributed by atoms with van der Waals surface area (Å²) in [6.07, 6.45) is 4.15. The number of aromatic nitrogens is 1. The van der Waals surface area contributed by atoms with Gasteiger partial charge in [-0.15, -0.1) is 0 Å². The maximum absolute atomic E-state index is 11.9. The van der Waals surface area contributed by atoms with Crippen LogP contribution in [0.2, 0.25) is 0 Å². The van der Waals surface area contributed by atoms with Gasteiger partial charge in [0.15, 0.2) is 0 Å². The zero-order valence-corrected chi connectivity index (χ0v) is 11.3. The third kappa shape index (κ3) is 2.52. The number of hydrogen-bond acceptors (Lipinski definition) is 5. The van der Waals surface area contributed by atoms with E-state index in [9.17, 15) is 4.79 Å². The van der Waals surface area contributed by atoms with Crippen molar-refractivity contribution in [2.24, 2.45) is 0 Å². The smallest absolute Gasteiger partial charge is 0.376 e. The lowest BCUT2D eigenvalue weighted by atomic mass is 10.2. The van der Waals surface area contributed by atoms with Crippen molar-refractivity contribution in [3.05, 3.63) is 17.3 Å². The third-order valence-corrected chi connectivity index (χ3v) is 3.60. The van der Waals surface area contributed by atoms with Gasteiger partial charge in [-0.25, -0.2) is 9.78 Å². The van der Waals surface area contributed by atoms with E-state index in [1.54, 1.807) is 6.92 Å². The molecule has 2 fully saturated rings. The molecule has 2 heterocycles. The highest BCUT2D eigenvalue weighted by atomic mass is 16.5. The molecule has 1 aliphatic carbocycles. The molecule has 2 atom stereocenters. The van der Waals surface area contributed by atoms with Crippen LogP contribution in [0.15, 0.2) is 4.42 Å². The maximum Gasteiger partial charge on any atom is 0.376 e. The lowest BCUT2D eigenvalue weighted by Gasteiger charge is -2.05. The number of nitrogens with zero attached hydrogens (tertiary/aromatic N) is 1. The van der Waals surface area contributed by atoms with Crippen molar-refractivity contribution in [2.45, 2.75) is 57.7 Å². The predicted octanol–water partition coefficient (Wildman–Crippen LogP) is 2.97. The van der Waals surface area contributed by atoms with Gasteiger partial charge >= 0.3 is 5.97 Å². The van der Waals surface area contributed by atoms with Gasteiger partial charge in [-0.1, -0.05) is 0 Å². The van der Waals surface area contributed by atoms with Crippen LogP contribution in [0.5, 0.6) is 0 Å². The van der Waals surface area contributed by atoms with E-state index in [0.717, 1.165) is 31.4 Å². The van der Waals surface area contributed by atoms with Gasteiger partial charge in [0.2, 0.25) is 11.7 Å². The van der Waals surface area contributed by atoms with E-state index in [0.29, 0.717) is 18.4 Å². The number of carbonyl (C=O) groups excluding carboxylic acids is 1. The summed E-state index contributed by atoms with van der Waals surface area (Å²) in [5, 5.41) is 0. The summed E-state index contributed by atoms with van der Waals surface area (Å²) < 4.78 is 16.4. The minimum Gasteiger partial charge on any atom is -0.460 e. The SMILES string of the molecule is CCOC(=O)c1oc(C2CCC(C)O2)nc1C1CC1. The molecule has 0 radical (unpaired) electrons. The van der Waals surface area contributed by atoms with E-state index in [2.05, 4.69) is 4.98 Å². The van der Waals surface area contributed by atoms with Crippen molar-refractivity contribution >= 4 is 5.97 Å². The molecule has 3 rings (SSSR count). The molecule has 0 N–H and O–H groups in total. The van der Waals surface area contributed by atoms with Crippen molar-refractivity contribution in [3.8, 4) is 0 Å². The number of rotatable bonds is 4. The normalized spacial score (nSPS) is 26.6. The zero-order valence-electron chi connectivity index (χ0n) is 11.3. The topological polar surface area (TPSA) is 61.6 Å². The fraction of sp³-hybridized carbons (Fsp3) is 0.714. The summed E-state index contributed by atoms with van der Waals surface area (Å²) in [6, 6.07) is 0. The third-order valence-electron chi connectivity index (χ3n) is 3.60. The lowest BCUT2D eigenvalue weighted by molar-refractivity contribution is 0.0348. The quantitative estimate of drug-likeness (QED) is 0.783. The van der Waals surface area contributed by atoms with Crippen molar-refractivity contribution in [1.29, 1.82) is 0 Å². The van der Waals surface area contributed by atoms with Crippen LogP contribution in [0.25, 0.3) is 0 Å². The number of esters is 1. The molecule has 1 saturated carbocycles. The van der Waals surface area contributed by atoms with Crippen molar-refractivity contribution in [3.63, 3.8) is 0 Å². The Morgan fingerprint density at radius 2 is 2.16 bits per heavy atom. The Labute approximate surface area is 112 Å². The summed E-state index contributed by atoms with van der Waals surface area (Å²) in [7, 11) is 0. The Bertz CT molecular complexity index is 478. The first-order valence-corrected chi connectivity index (χ1v) is 7.02. The van der Waals surface area contributed by atoms with Gasteiger partial charge in [-0.2, -0.15) is 0 Å². The van der Waals surface area contributed by atoms with Crippen LogP contribution >= 0.6 is 0 Å². The van der Waals surface area contributed by atoms with E-state index in [-0.39, 0.29) is 18.0 Å². The molecular formula is C14H19NO4. The van der Waals surface area contributed by atoms with Crippen LogP contribution in [-0.2, 0) is 9.47 Å². The Morgan fingerprint density at radius 1 is 1.37 bits per heavy atom. The van der Waals surface area contributed by atoms with E-state index in [1.165, 1.54) is 0 Å². The average molecular weight is 265 g/mol. The minimum absolute atomic E-state index is 0.115. The highest BCUT2D eigenvalue weighted by Crippen LogP contribution is 2.43. The molecule has 0 bridgehead atoms. The first-order valence-electron chi connectivity index (χ1n) is 7.02. The standard InChI is InChI=1S/C14H19NO4/c1-3-17-14(16)12-11(9-5-6-9)15-13(19-12)10-7-4-8(2)18-10/h8-10H,3-7H2,1-2H3. The number of oxazole rings is 1. The van der Waals surface area contributed by atoms with Gasteiger partial charge in [0, 0.05) is 5.92 Å². The van der Waals surface area contributed by atoms with Crippen LogP contribution < -0.4 is 0 Å². The second kappa shape index (κ2) is 4.96. The van der Waals surface area contributed by atoms with Crippen LogP contribution in [0, 0.1) is 0 Å². The largest absolute Gasteiger partial charge is 0.460 e. The molecule has 0 spiro atoms. The van der Waals surface area contributed by atoms with Gasteiger partial charge < -0.3 is 13.9 Å². The van der Waals surface area contributed by atoms with Crippen LogP contribution in [0.1, 0.15) is 73.7 Å². The molecule has 2 aliphatic rings. The highest BCUT2D eigenvalue weighted by Gasteiger charge is 2.37. The summed E-state index contributed by atoms with van der Waals surface area (Å²) in [5.74, 6) is 0.765. The molecule has 5 nitrogen and oxygen atoms in total. The molecule has 5 heteroatoms. The molecule has 19 heavy (non-hydrogen) atoms. The molecule has 1 aliphatic heterocycles. The summed E-state index contributed by atoms with van der Waals surface area (Å²) in [5.41, 5.74) is 0.761. The molecule has 1 saturated heterocycles. The lowest BCUT2D eigenvalue weighted by Crippen LogP contribution is -2.05. The molecule has 0 amide bonds. The van der Waals surface area contributed by atoms with Crippen LogP contribution in [0.4, 0.5) is 0 Å². The molecule has 1 aromatic heterocycles. The first kappa shape index (κ1) is 12.7. The average Bonchev–Trinajstić information content (AvgIpc) is 2.98. The fourth-order valence-electron chi connectivity index (χ4n) is 2.45. The van der Waals surface area contributed by atoms with Crippen molar-refractivity contribution < 1.29 is 18.7 Å². The monoisotopic (exact) mass is 265 g/mol. The van der Waals surface area contributed by atoms with E-state index in [4.69, 9.17) is 13.9 Å². The molecule has 0 aromatic carbocycles. The minimum atomic E-state index is -0.408. The van der Waals surface area contributed by atoms with E-state index < -0.39 is 5.97 Å². The zero-order chi connectivity index (χ0) is 13.4. The Balaban J connectivity index is 1.86. The molecular weight excluding hydrogens is 246 g/mol. The van der Waals surface area contributed by atoms with E-state index in [1.807, 2.05) is 6.92 Å². The Hall–Kier alpha value is -1.36. The summed E-state index contributed by atoms with van der Waals surface area (Å²) >= 11 is 0. The van der Waals surface area contributed by atoms with Gasteiger partial charge in [0.05, 0.1) is 18.4 Å². The molecule has 2 unspecified atom stereocenters. The molecule has 104 valence electrons. The van der Waals surface area contributed by atoms with E-state index >= 15 is 0 Å². The van der Waals surface area contributed by atoms with Crippen molar-refractivity contribution in [1.82, 2.24) is 4.98 Å². The van der Waals surface area contributed by atoms with Gasteiger partial charge in [0.25, 0.3) is 0 Å². The first-order chi connectivity index (χ1) is 9.19. The fourth-order valence-corrected chi connectivity index (χ4v) is 2.45. The summed E-state index contributed by atoms with van der Waals surface area (Å²) in [6.45, 7) is 4.17. The number of hydrogen-bond donors (Lipinski definition) is 0. The number of carbonyl (C=O) groups is 1. The van der Waals surface area contributed by atoms with Gasteiger partial charge in [0.1, 0.15) is 6.10 Å². The predicted molar refractivity (Wildman–Crippen MR) is 67.0 cm³/mol. The Morgan fingerprint density at radius 3 is 2.74 bits per heavy atom. The van der Waals surface area contributed by atoms with Gasteiger partial charge in [-0.3, -0.25) is 0 Å². The second-order valence-corrected chi connectivity index (χ2v) is 5.27. The van der Waals surface area contributed by atoms with Crippen LogP contribution in [0.3, 0.4) is 0 Å². The second-order valence-electron chi connectivity index (χ2n) is 5.27. The Kier molecular flexibility index (Phi) is 3.31. The summed E-state index contributed by atoms with van der Waals surface area (Å²) in [4.78, 5) is 16.4. The highest BCUT2D eigenvalue weighted by molar-refractivity contribution is 5.87. The van der Waals surface area contributed by atoms with Crippen molar-refractivity contribution in [2.75, 3.05) is 6.61 Å². The number of ether oxygens (including phenoxy) is 2.